The molecular weight excluding hydrogens is 198 g/mol. The van der Waals surface area contributed by atoms with Gasteiger partial charge in [-0.15, -0.1) is 0 Å². The lowest BCUT2D eigenvalue weighted by molar-refractivity contribution is -0.132. The Morgan fingerprint density at radius 1 is 1.53 bits per heavy atom. The molecule has 15 heavy (non-hydrogen) atoms. The van der Waals surface area contributed by atoms with E-state index in [1.807, 2.05) is 0 Å². The number of hydrogen-bond acceptors (Lipinski definition) is 4. The van der Waals surface area contributed by atoms with Gasteiger partial charge in [-0.05, 0) is 12.8 Å². The Balaban J connectivity index is 2.35. The molecule has 0 spiro atoms. The summed E-state index contributed by atoms with van der Waals surface area (Å²) in [4.78, 5) is 23.7. The molecule has 86 valence electrons. The van der Waals surface area contributed by atoms with Crippen LogP contribution in [-0.4, -0.2) is 47.1 Å². The minimum absolute atomic E-state index is 0.114. The van der Waals surface area contributed by atoms with Crippen molar-refractivity contribution in [2.75, 3.05) is 13.1 Å². The summed E-state index contributed by atoms with van der Waals surface area (Å²) in [6.45, 7) is 0.868. The summed E-state index contributed by atoms with van der Waals surface area (Å²) in [6.07, 6.45) is 0.524. The topological polar surface area (TPSA) is 110 Å². The second-order valence-corrected chi connectivity index (χ2v) is 3.84. The summed E-state index contributed by atoms with van der Waals surface area (Å²) >= 11 is 0. The maximum absolute atomic E-state index is 11.6. The molecule has 1 heterocycles. The number of carbonyl (C=O) groups excluding carboxylic acids is 2. The van der Waals surface area contributed by atoms with E-state index in [0.717, 1.165) is 0 Å². The SMILES string of the molecule is NC(=O)CC[C@H](N)C(=O)N1CC[C@H](O)C1. The minimum Gasteiger partial charge on any atom is -0.391 e. The van der Waals surface area contributed by atoms with Crippen molar-refractivity contribution in [2.24, 2.45) is 11.5 Å². The highest BCUT2D eigenvalue weighted by Gasteiger charge is 2.27. The summed E-state index contributed by atoms with van der Waals surface area (Å²) in [7, 11) is 0. The van der Waals surface area contributed by atoms with Crippen molar-refractivity contribution in [3.63, 3.8) is 0 Å². The van der Waals surface area contributed by atoms with Crippen LogP contribution in [0.4, 0.5) is 0 Å². The van der Waals surface area contributed by atoms with E-state index in [-0.39, 0.29) is 18.7 Å². The van der Waals surface area contributed by atoms with Crippen LogP contribution in [0.25, 0.3) is 0 Å². The van der Waals surface area contributed by atoms with Gasteiger partial charge in [0.1, 0.15) is 0 Å². The van der Waals surface area contributed by atoms with Gasteiger partial charge in [0.05, 0.1) is 12.1 Å². The predicted octanol–water partition coefficient (Wildman–Crippen LogP) is -1.83. The molecule has 6 heteroatoms. The number of nitrogens with two attached hydrogens (primary N) is 2. The van der Waals surface area contributed by atoms with Crippen LogP contribution in [0, 0.1) is 0 Å². The van der Waals surface area contributed by atoms with E-state index in [1.165, 1.54) is 4.90 Å². The average Bonchev–Trinajstić information content (AvgIpc) is 2.60. The fourth-order valence-electron chi connectivity index (χ4n) is 1.60. The highest BCUT2D eigenvalue weighted by Crippen LogP contribution is 2.11. The Kier molecular flexibility index (Phi) is 4.05. The van der Waals surface area contributed by atoms with Crippen molar-refractivity contribution in [3.8, 4) is 0 Å². The van der Waals surface area contributed by atoms with Crippen LogP contribution < -0.4 is 11.5 Å². The molecule has 1 fully saturated rings. The predicted molar refractivity (Wildman–Crippen MR) is 53.6 cm³/mol. The normalized spacial score (nSPS) is 22.8. The molecule has 0 saturated carbocycles. The van der Waals surface area contributed by atoms with Crippen LogP contribution in [0.1, 0.15) is 19.3 Å². The molecule has 0 aromatic heterocycles. The van der Waals surface area contributed by atoms with Crippen LogP contribution in [0.5, 0.6) is 0 Å². The number of β-amino-alcohol motifs (C(OH)–C–C–N with tert-alkyl or cyclic N) is 1. The third-order valence-corrected chi connectivity index (χ3v) is 2.49. The molecule has 0 radical (unpaired) electrons. The van der Waals surface area contributed by atoms with Gasteiger partial charge in [0.15, 0.2) is 0 Å². The number of nitrogens with zero attached hydrogens (tertiary/aromatic N) is 1. The van der Waals surface area contributed by atoms with E-state index in [9.17, 15) is 14.7 Å². The molecule has 2 amide bonds. The summed E-state index contributed by atoms with van der Waals surface area (Å²) in [5.41, 5.74) is 10.6. The zero-order chi connectivity index (χ0) is 11.4. The minimum atomic E-state index is -0.692. The van der Waals surface area contributed by atoms with Crippen molar-refractivity contribution in [2.45, 2.75) is 31.4 Å². The maximum atomic E-state index is 11.6. The third-order valence-electron chi connectivity index (χ3n) is 2.49. The van der Waals surface area contributed by atoms with Gasteiger partial charge in [0, 0.05) is 19.5 Å². The zero-order valence-corrected chi connectivity index (χ0v) is 8.56. The van der Waals surface area contributed by atoms with Gasteiger partial charge in [-0.2, -0.15) is 0 Å². The maximum Gasteiger partial charge on any atom is 0.239 e. The monoisotopic (exact) mass is 215 g/mol. The standard InChI is InChI=1S/C9H17N3O3/c10-7(1-2-8(11)14)9(15)12-4-3-6(13)5-12/h6-7,13H,1-5,10H2,(H2,11,14)/t6-,7-/m0/s1. The molecule has 0 bridgehead atoms. The number of likely N-dealkylation sites (tertiary alicyclic amines) is 1. The number of carbonyl (C=O) groups is 2. The Hall–Kier alpha value is -1.14. The molecule has 2 atom stereocenters. The molecule has 1 aliphatic rings. The van der Waals surface area contributed by atoms with Gasteiger partial charge in [-0.25, -0.2) is 0 Å². The van der Waals surface area contributed by atoms with E-state index in [0.29, 0.717) is 19.5 Å². The van der Waals surface area contributed by atoms with Gasteiger partial charge in [0.2, 0.25) is 11.8 Å². The van der Waals surface area contributed by atoms with Gasteiger partial charge in [-0.1, -0.05) is 0 Å². The van der Waals surface area contributed by atoms with Crippen LogP contribution in [0.3, 0.4) is 0 Å². The van der Waals surface area contributed by atoms with Gasteiger partial charge >= 0.3 is 0 Å². The van der Waals surface area contributed by atoms with Gasteiger partial charge in [0.25, 0.3) is 0 Å². The second-order valence-electron chi connectivity index (χ2n) is 3.84. The van der Waals surface area contributed by atoms with Crippen molar-refractivity contribution < 1.29 is 14.7 Å². The van der Waals surface area contributed by atoms with E-state index >= 15 is 0 Å². The highest BCUT2D eigenvalue weighted by molar-refractivity contribution is 5.83. The number of aliphatic hydroxyl groups excluding tert-OH is 1. The molecular formula is C9H17N3O3. The fraction of sp³-hybridized carbons (Fsp3) is 0.778. The molecule has 1 saturated heterocycles. The molecule has 6 nitrogen and oxygen atoms in total. The van der Waals surface area contributed by atoms with Crippen molar-refractivity contribution >= 4 is 11.8 Å². The van der Waals surface area contributed by atoms with E-state index in [1.54, 1.807) is 0 Å². The highest BCUT2D eigenvalue weighted by atomic mass is 16.3. The van der Waals surface area contributed by atoms with Crippen LogP contribution in [-0.2, 0) is 9.59 Å². The second kappa shape index (κ2) is 5.09. The molecule has 1 rings (SSSR count). The molecule has 1 aliphatic heterocycles. The first-order valence-electron chi connectivity index (χ1n) is 5.01. The summed E-state index contributed by atoms with van der Waals surface area (Å²) < 4.78 is 0. The van der Waals surface area contributed by atoms with Crippen LogP contribution in [0.2, 0.25) is 0 Å². The lowest BCUT2D eigenvalue weighted by Crippen LogP contribution is -2.43. The molecule has 0 aliphatic carbocycles. The van der Waals surface area contributed by atoms with Crippen molar-refractivity contribution in [1.82, 2.24) is 4.90 Å². The van der Waals surface area contributed by atoms with E-state index in [2.05, 4.69) is 0 Å². The molecule has 5 N–H and O–H groups in total. The number of primary amides is 1. The number of hydrogen-bond donors (Lipinski definition) is 3. The largest absolute Gasteiger partial charge is 0.391 e. The van der Waals surface area contributed by atoms with Crippen LogP contribution in [0.15, 0.2) is 0 Å². The Labute approximate surface area is 88.2 Å². The Morgan fingerprint density at radius 2 is 2.20 bits per heavy atom. The average molecular weight is 215 g/mol. The first-order chi connectivity index (χ1) is 7.00. The molecule has 0 aromatic rings. The fourth-order valence-corrected chi connectivity index (χ4v) is 1.60. The smallest absolute Gasteiger partial charge is 0.239 e. The van der Waals surface area contributed by atoms with Crippen molar-refractivity contribution in [1.29, 1.82) is 0 Å². The van der Waals surface area contributed by atoms with Crippen LogP contribution >= 0.6 is 0 Å². The lowest BCUT2D eigenvalue weighted by Gasteiger charge is -2.19. The Morgan fingerprint density at radius 3 is 2.67 bits per heavy atom. The van der Waals surface area contributed by atoms with Gasteiger partial charge in [-0.3, -0.25) is 9.59 Å². The van der Waals surface area contributed by atoms with Crippen molar-refractivity contribution in [3.05, 3.63) is 0 Å². The Bertz CT molecular complexity index is 257. The number of aliphatic hydroxyl groups is 1. The van der Waals surface area contributed by atoms with E-state index < -0.39 is 18.1 Å². The van der Waals surface area contributed by atoms with E-state index in [4.69, 9.17) is 11.5 Å². The zero-order valence-electron chi connectivity index (χ0n) is 8.56. The quantitative estimate of drug-likeness (QED) is 0.512. The summed E-state index contributed by atoms with van der Waals surface area (Å²) in [5.74, 6) is -0.674. The summed E-state index contributed by atoms with van der Waals surface area (Å²) in [6, 6.07) is -0.692. The number of amides is 2. The number of rotatable bonds is 4. The first-order valence-corrected chi connectivity index (χ1v) is 5.01. The molecule has 0 aromatic carbocycles. The first kappa shape index (κ1) is 11.9. The third kappa shape index (κ3) is 3.49. The summed E-state index contributed by atoms with van der Waals surface area (Å²) in [5, 5.41) is 9.24. The molecule has 0 unspecified atom stereocenters. The lowest BCUT2D eigenvalue weighted by atomic mass is 10.1. The van der Waals surface area contributed by atoms with Gasteiger partial charge < -0.3 is 21.5 Å².